The Morgan fingerprint density at radius 3 is 1.62 bits per heavy atom. The van der Waals surface area contributed by atoms with Crippen molar-refractivity contribution >= 4 is 36.8 Å². The van der Waals surface area contributed by atoms with Gasteiger partial charge in [-0.15, -0.1) is 0 Å². The molecule has 0 spiro atoms. The van der Waals surface area contributed by atoms with E-state index in [4.69, 9.17) is 4.98 Å². The highest BCUT2D eigenvalue weighted by molar-refractivity contribution is 8.10. The summed E-state index contributed by atoms with van der Waals surface area (Å²) in [5.41, 5.74) is 4.52. The highest BCUT2D eigenvalue weighted by Gasteiger charge is 2.37. The molecule has 7 nitrogen and oxygen atoms in total. The van der Waals surface area contributed by atoms with Crippen LogP contribution in [-0.2, 0) is 20.0 Å². The van der Waals surface area contributed by atoms with Gasteiger partial charge in [-0.2, -0.15) is 3.71 Å². The van der Waals surface area contributed by atoms with Gasteiger partial charge in [0.2, 0.25) is 0 Å². The molecule has 0 amide bonds. The molecule has 1 aromatic heterocycles. The van der Waals surface area contributed by atoms with E-state index in [0.29, 0.717) is 20.6 Å². The van der Waals surface area contributed by atoms with Crippen LogP contribution < -0.4 is 3.71 Å². The lowest BCUT2D eigenvalue weighted by Gasteiger charge is -2.24. The summed E-state index contributed by atoms with van der Waals surface area (Å²) >= 11 is 0. The van der Waals surface area contributed by atoms with Crippen LogP contribution in [0.3, 0.4) is 0 Å². The number of rotatable bonds is 7. The molecular formula is C33H27N3O4S2. The van der Waals surface area contributed by atoms with Gasteiger partial charge in [-0.05, 0) is 68.4 Å². The fourth-order valence-electron chi connectivity index (χ4n) is 4.82. The zero-order chi connectivity index (χ0) is 29.5. The fourth-order valence-corrected chi connectivity index (χ4v) is 8.50. The molecular weight excluding hydrogens is 567 g/mol. The number of aryl methyl sites for hydroxylation is 2. The third-order valence-electron chi connectivity index (χ3n) is 6.97. The van der Waals surface area contributed by atoms with Crippen molar-refractivity contribution in [2.45, 2.75) is 23.6 Å². The number of aromatic nitrogens is 2. The monoisotopic (exact) mass is 593 g/mol. The molecule has 210 valence electrons. The molecule has 0 aliphatic carbocycles. The summed E-state index contributed by atoms with van der Waals surface area (Å²) in [7, 11) is -9.10. The van der Waals surface area contributed by atoms with E-state index in [1.54, 1.807) is 30.3 Å². The van der Waals surface area contributed by atoms with E-state index in [-0.39, 0.29) is 15.5 Å². The van der Waals surface area contributed by atoms with Gasteiger partial charge in [-0.1, -0.05) is 83.9 Å². The first kappa shape index (κ1) is 27.4. The minimum absolute atomic E-state index is 0.0408. The van der Waals surface area contributed by atoms with Gasteiger partial charge in [-0.25, -0.2) is 21.8 Å². The fraction of sp³-hybridized carbons (Fsp3) is 0.0606. The lowest BCUT2D eigenvalue weighted by atomic mass is 10.2. The van der Waals surface area contributed by atoms with E-state index in [1.807, 2.05) is 79.1 Å². The molecule has 0 saturated heterocycles. The Labute approximate surface area is 245 Å². The van der Waals surface area contributed by atoms with Crippen molar-refractivity contribution < 1.29 is 16.8 Å². The Bertz CT molecular complexity index is 2030. The number of nitrogens with zero attached hydrogens (tertiary/aromatic N) is 3. The molecule has 0 atom stereocenters. The first-order valence-corrected chi connectivity index (χ1v) is 16.1. The molecule has 0 N–H and O–H groups in total. The third kappa shape index (κ3) is 4.87. The van der Waals surface area contributed by atoms with Gasteiger partial charge in [0, 0.05) is 11.3 Å². The van der Waals surface area contributed by atoms with E-state index < -0.39 is 20.0 Å². The lowest BCUT2D eigenvalue weighted by molar-refractivity contribution is 0.584. The van der Waals surface area contributed by atoms with Gasteiger partial charge in [0.15, 0.2) is 0 Å². The third-order valence-corrected chi connectivity index (χ3v) is 11.2. The number of benzene rings is 5. The summed E-state index contributed by atoms with van der Waals surface area (Å²) in [6.45, 7) is 3.66. The molecule has 5 aromatic carbocycles. The average Bonchev–Trinajstić information content (AvgIpc) is 3.37. The predicted octanol–water partition coefficient (Wildman–Crippen LogP) is 6.89. The minimum Gasteiger partial charge on any atom is -0.292 e. The maximum Gasteiger partial charge on any atom is 0.277 e. The highest BCUT2D eigenvalue weighted by Crippen LogP contribution is 2.35. The van der Waals surface area contributed by atoms with E-state index in [1.165, 1.54) is 36.4 Å². The maximum atomic E-state index is 14.1. The number of hydrogen-bond donors (Lipinski definition) is 0. The topological polar surface area (TPSA) is 89.3 Å². The van der Waals surface area contributed by atoms with Crippen LogP contribution in [-0.4, -0.2) is 26.4 Å². The largest absolute Gasteiger partial charge is 0.292 e. The van der Waals surface area contributed by atoms with Crippen molar-refractivity contribution in [2.24, 2.45) is 0 Å². The van der Waals surface area contributed by atoms with Crippen LogP contribution in [0.15, 0.2) is 137 Å². The Morgan fingerprint density at radius 1 is 0.595 bits per heavy atom. The first-order chi connectivity index (χ1) is 20.2. The van der Waals surface area contributed by atoms with Crippen LogP contribution in [0.1, 0.15) is 11.1 Å². The van der Waals surface area contributed by atoms with Gasteiger partial charge in [0.05, 0.1) is 26.5 Å². The Morgan fingerprint density at radius 2 is 1.10 bits per heavy atom. The van der Waals surface area contributed by atoms with Crippen LogP contribution >= 0.6 is 0 Å². The Balaban J connectivity index is 1.60. The van der Waals surface area contributed by atoms with Crippen molar-refractivity contribution in [3.8, 4) is 17.1 Å². The van der Waals surface area contributed by atoms with E-state index in [0.717, 1.165) is 22.4 Å². The van der Waals surface area contributed by atoms with Crippen molar-refractivity contribution in [3.05, 3.63) is 139 Å². The lowest BCUT2D eigenvalue weighted by Crippen LogP contribution is -2.37. The molecule has 6 rings (SSSR count). The number of imidazole rings is 1. The Kier molecular flexibility index (Phi) is 6.92. The van der Waals surface area contributed by atoms with E-state index >= 15 is 0 Å². The molecule has 0 bridgehead atoms. The van der Waals surface area contributed by atoms with E-state index in [2.05, 4.69) is 0 Å². The second-order valence-corrected chi connectivity index (χ2v) is 13.8. The van der Waals surface area contributed by atoms with Crippen LogP contribution in [0.25, 0.3) is 28.1 Å². The zero-order valence-electron chi connectivity index (χ0n) is 22.9. The van der Waals surface area contributed by atoms with E-state index in [9.17, 15) is 16.8 Å². The minimum atomic E-state index is -4.55. The highest BCUT2D eigenvalue weighted by atomic mass is 32.3. The van der Waals surface area contributed by atoms with Crippen molar-refractivity contribution in [1.82, 2.24) is 9.55 Å². The molecule has 0 aliphatic rings. The number of sulfonamides is 2. The number of anilines is 1. The SMILES string of the molecule is Cc1ccc(S(=O)(=O)N(c2ccc3c(c2)nc(-c2ccccc2)n3-c2ccccc2)S(=O)(=O)c2ccc(C)cc2)cc1. The molecule has 0 saturated carbocycles. The summed E-state index contributed by atoms with van der Waals surface area (Å²) in [4.78, 5) is 4.61. The standard InChI is InChI=1S/C33H27N3O4S2/c1-24-13-18-29(19-14-24)41(37,38)36(42(39,40)30-20-15-25(2)16-21-30)28-17-22-32-31(23-28)34-33(26-9-5-3-6-10-26)35(32)27-11-7-4-8-12-27/h3-23H,1-2H3. The van der Waals surface area contributed by atoms with Crippen molar-refractivity contribution in [1.29, 1.82) is 0 Å². The smallest absolute Gasteiger partial charge is 0.277 e. The van der Waals surface area contributed by atoms with Crippen molar-refractivity contribution in [2.75, 3.05) is 3.71 Å². The second kappa shape index (κ2) is 10.6. The van der Waals surface area contributed by atoms with Gasteiger partial charge >= 0.3 is 0 Å². The van der Waals surface area contributed by atoms with Crippen LogP contribution in [0, 0.1) is 13.8 Å². The van der Waals surface area contributed by atoms with Crippen molar-refractivity contribution in [3.63, 3.8) is 0 Å². The quantitative estimate of drug-likeness (QED) is 0.201. The Hall–Kier alpha value is -4.73. The van der Waals surface area contributed by atoms with Crippen LogP contribution in [0.4, 0.5) is 5.69 Å². The number of fused-ring (bicyclic) bond motifs is 1. The number of para-hydroxylation sites is 1. The van der Waals surface area contributed by atoms with Crippen LogP contribution in [0.2, 0.25) is 0 Å². The normalized spacial score (nSPS) is 12.0. The molecule has 0 radical (unpaired) electrons. The molecule has 0 aliphatic heterocycles. The molecule has 0 unspecified atom stereocenters. The van der Waals surface area contributed by atoms with Gasteiger partial charge in [0.25, 0.3) is 20.0 Å². The number of hydrogen-bond acceptors (Lipinski definition) is 5. The average molecular weight is 594 g/mol. The summed E-state index contributed by atoms with van der Waals surface area (Å²) < 4.78 is 58.9. The second-order valence-electron chi connectivity index (χ2n) is 9.98. The summed E-state index contributed by atoms with van der Waals surface area (Å²) in [6, 6.07) is 36.3. The zero-order valence-corrected chi connectivity index (χ0v) is 24.5. The molecule has 42 heavy (non-hydrogen) atoms. The van der Waals surface area contributed by atoms with Gasteiger partial charge in [-0.3, -0.25) is 4.57 Å². The molecule has 9 heteroatoms. The predicted molar refractivity (Wildman–Crippen MR) is 166 cm³/mol. The summed E-state index contributed by atoms with van der Waals surface area (Å²) in [5.74, 6) is 0.642. The summed E-state index contributed by atoms with van der Waals surface area (Å²) in [5, 5.41) is 0. The molecule has 6 aromatic rings. The van der Waals surface area contributed by atoms with Gasteiger partial charge < -0.3 is 0 Å². The first-order valence-electron chi connectivity index (χ1n) is 13.2. The van der Waals surface area contributed by atoms with Gasteiger partial charge in [0.1, 0.15) is 5.82 Å². The maximum absolute atomic E-state index is 14.1. The van der Waals surface area contributed by atoms with Crippen LogP contribution in [0.5, 0.6) is 0 Å². The molecule has 1 heterocycles. The molecule has 0 fully saturated rings. The summed E-state index contributed by atoms with van der Waals surface area (Å²) in [6.07, 6.45) is 0.